The zero-order chi connectivity index (χ0) is 19.1. The highest BCUT2D eigenvalue weighted by molar-refractivity contribution is 8.04. The number of nitrogens with one attached hydrogen (secondary N) is 1. The van der Waals surface area contributed by atoms with Crippen LogP contribution in [0, 0.1) is 17.6 Å². The standard InChI is InChI=1S/C18H18N2O3S3/c1-4-23-18(22)15-11(3)14(25-10-19)17(26-15)20-16(21)12-7-6-8-13(9-12)24-5-2/h6-9H,4-5H2,1-3H3,(H,20,21). The Kier molecular flexibility index (Phi) is 7.57. The molecule has 5 nitrogen and oxygen atoms in total. The molecule has 8 heteroatoms. The maximum Gasteiger partial charge on any atom is 0.348 e. The number of carbonyl (C=O) groups excluding carboxylic acids is 2. The highest BCUT2D eigenvalue weighted by Crippen LogP contribution is 2.40. The molecular weight excluding hydrogens is 388 g/mol. The molecule has 136 valence electrons. The molecule has 0 radical (unpaired) electrons. The topological polar surface area (TPSA) is 79.2 Å². The van der Waals surface area contributed by atoms with Gasteiger partial charge in [0.15, 0.2) is 0 Å². The van der Waals surface area contributed by atoms with Crippen molar-refractivity contribution in [1.82, 2.24) is 0 Å². The molecular formula is C18H18N2O3S3. The Hall–Kier alpha value is -1.95. The Morgan fingerprint density at radius 3 is 2.77 bits per heavy atom. The second-order valence-corrected chi connectivity index (χ2v) is 8.20. The Morgan fingerprint density at radius 1 is 1.35 bits per heavy atom. The van der Waals surface area contributed by atoms with Crippen molar-refractivity contribution < 1.29 is 14.3 Å². The molecule has 0 aliphatic rings. The Bertz CT molecular complexity index is 856. The molecule has 0 spiro atoms. The average molecular weight is 407 g/mol. The summed E-state index contributed by atoms with van der Waals surface area (Å²) in [7, 11) is 0. The molecule has 26 heavy (non-hydrogen) atoms. The molecule has 1 N–H and O–H groups in total. The second kappa shape index (κ2) is 9.67. The van der Waals surface area contributed by atoms with Gasteiger partial charge in [0.05, 0.1) is 11.5 Å². The predicted octanol–water partition coefficient (Wildman–Crippen LogP) is 5.17. The summed E-state index contributed by atoms with van der Waals surface area (Å²) >= 11 is 3.71. The third kappa shape index (κ3) is 4.81. The molecule has 1 heterocycles. The minimum Gasteiger partial charge on any atom is -0.462 e. The number of thiocyanates is 1. The minimum absolute atomic E-state index is 0.264. The number of hydrogen-bond acceptors (Lipinski definition) is 7. The SMILES string of the molecule is CCOC(=O)c1sc(NC(=O)c2cccc(SCC)c2)c(SC#N)c1C. The van der Waals surface area contributed by atoms with E-state index in [0.717, 1.165) is 33.7 Å². The average Bonchev–Trinajstić information content (AvgIpc) is 2.92. The molecule has 0 aliphatic carbocycles. The van der Waals surface area contributed by atoms with Crippen molar-refractivity contribution in [1.29, 1.82) is 5.26 Å². The number of thiophene rings is 1. The van der Waals surface area contributed by atoms with Crippen molar-refractivity contribution in [3.63, 3.8) is 0 Å². The summed E-state index contributed by atoms with van der Waals surface area (Å²) in [6.45, 7) is 5.79. The zero-order valence-corrected chi connectivity index (χ0v) is 17.1. The maximum absolute atomic E-state index is 12.6. The number of esters is 1. The third-order valence-corrected chi connectivity index (χ3v) is 6.33. The summed E-state index contributed by atoms with van der Waals surface area (Å²) in [4.78, 5) is 26.7. The fourth-order valence-electron chi connectivity index (χ4n) is 2.21. The Labute approximate surface area is 165 Å². The molecule has 0 bridgehead atoms. The number of nitriles is 1. The fourth-order valence-corrected chi connectivity index (χ4v) is 4.72. The summed E-state index contributed by atoms with van der Waals surface area (Å²) < 4.78 is 5.05. The van der Waals surface area contributed by atoms with Gasteiger partial charge < -0.3 is 10.1 Å². The zero-order valence-electron chi connectivity index (χ0n) is 14.6. The number of amides is 1. The van der Waals surface area contributed by atoms with Gasteiger partial charge in [-0.15, -0.1) is 23.1 Å². The predicted molar refractivity (Wildman–Crippen MR) is 107 cm³/mol. The van der Waals surface area contributed by atoms with E-state index in [2.05, 4.69) is 5.32 Å². The molecule has 1 aromatic carbocycles. The van der Waals surface area contributed by atoms with Gasteiger partial charge in [-0.1, -0.05) is 13.0 Å². The first-order chi connectivity index (χ1) is 12.5. The van der Waals surface area contributed by atoms with Crippen molar-refractivity contribution in [2.45, 2.75) is 30.6 Å². The van der Waals surface area contributed by atoms with Crippen molar-refractivity contribution in [2.75, 3.05) is 17.7 Å². The summed E-state index contributed by atoms with van der Waals surface area (Å²) in [6, 6.07) is 7.35. The van der Waals surface area contributed by atoms with Crippen LogP contribution in [0.15, 0.2) is 34.1 Å². The number of hydrogen-bond donors (Lipinski definition) is 1. The van der Waals surface area contributed by atoms with Crippen LogP contribution in [0.1, 0.15) is 39.4 Å². The number of nitrogens with zero attached hydrogens (tertiary/aromatic N) is 1. The summed E-state index contributed by atoms with van der Waals surface area (Å²) in [5.74, 6) is 0.192. The van der Waals surface area contributed by atoms with Gasteiger partial charge in [0.1, 0.15) is 15.3 Å². The van der Waals surface area contributed by atoms with Gasteiger partial charge in [-0.25, -0.2) is 4.79 Å². The molecule has 1 amide bonds. The number of rotatable bonds is 7. The van der Waals surface area contributed by atoms with Crippen molar-refractivity contribution >= 4 is 51.7 Å². The number of anilines is 1. The molecule has 2 rings (SSSR count). The van der Waals surface area contributed by atoms with Crippen LogP contribution in [0.4, 0.5) is 5.00 Å². The smallest absolute Gasteiger partial charge is 0.348 e. The first-order valence-electron chi connectivity index (χ1n) is 7.92. The van der Waals surface area contributed by atoms with Crippen LogP contribution >= 0.6 is 34.9 Å². The Balaban J connectivity index is 2.31. The van der Waals surface area contributed by atoms with Crippen LogP contribution in [0.25, 0.3) is 0 Å². The van der Waals surface area contributed by atoms with E-state index >= 15 is 0 Å². The fraction of sp³-hybridized carbons (Fsp3) is 0.278. The molecule has 0 fully saturated rings. The normalized spacial score (nSPS) is 10.2. The molecule has 2 aromatic rings. The first-order valence-corrected chi connectivity index (χ1v) is 10.5. The van der Waals surface area contributed by atoms with E-state index in [0.29, 0.717) is 25.9 Å². The monoisotopic (exact) mass is 406 g/mol. The molecule has 0 atom stereocenters. The van der Waals surface area contributed by atoms with Gasteiger partial charge in [0, 0.05) is 10.5 Å². The van der Waals surface area contributed by atoms with Crippen LogP contribution in [0.2, 0.25) is 0 Å². The lowest BCUT2D eigenvalue weighted by molar-refractivity contribution is 0.0531. The Morgan fingerprint density at radius 2 is 2.12 bits per heavy atom. The second-order valence-electron chi connectivity index (χ2n) is 5.04. The van der Waals surface area contributed by atoms with E-state index in [-0.39, 0.29) is 12.5 Å². The molecule has 0 unspecified atom stereocenters. The van der Waals surface area contributed by atoms with E-state index in [9.17, 15) is 9.59 Å². The number of carbonyl (C=O) groups is 2. The van der Waals surface area contributed by atoms with E-state index in [1.165, 1.54) is 0 Å². The van der Waals surface area contributed by atoms with E-state index in [4.69, 9.17) is 10.00 Å². The third-order valence-electron chi connectivity index (χ3n) is 3.33. The van der Waals surface area contributed by atoms with Gasteiger partial charge in [-0.05, 0) is 55.1 Å². The van der Waals surface area contributed by atoms with Gasteiger partial charge in [0.25, 0.3) is 5.91 Å². The van der Waals surface area contributed by atoms with E-state index in [1.54, 1.807) is 31.7 Å². The van der Waals surface area contributed by atoms with Gasteiger partial charge in [0.2, 0.25) is 0 Å². The van der Waals surface area contributed by atoms with Crippen molar-refractivity contribution in [3.05, 3.63) is 40.3 Å². The van der Waals surface area contributed by atoms with Gasteiger partial charge in [-0.3, -0.25) is 4.79 Å². The number of ether oxygens (including phenoxy) is 1. The van der Waals surface area contributed by atoms with Crippen molar-refractivity contribution in [3.8, 4) is 5.40 Å². The highest BCUT2D eigenvalue weighted by Gasteiger charge is 2.23. The van der Waals surface area contributed by atoms with E-state index in [1.807, 2.05) is 30.5 Å². The van der Waals surface area contributed by atoms with Crippen LogP contribution in [0.3, 0.4) is 0 Å². The van der Waals surface area contributed by atoms with Crippen LogP contribution in [0.5, 0.6) is 0 Å². The number of benzene rings is 1. The summed E-state index contributed by atoms with van der Waals surface area (Å²) in [5, 5.41) is 14.4. The maximum atomic E-state index is 12.6. The number of thioether (sulfide) groups is 2. The lowest BCUT2D eigenvalue weighted by Crippen LogP contribution is -2.11. The molecule has 1 aromatic heterocycles. The molecule has 0 saturated heterocycles. The van der Waals surface area contributed by atoms with Crippen LogP contribution in [-0.4, -0.2) is 24.2 Å². The minimum atomic E-state index is -0.448. The molecule has 0 saturated carbocycles. The quantitative estimate of drug-likeness (QED) is 0.388. The van der Waals surface area contributed by atoms with Crippen LogP contribution in [-0.2, 0) is 4.74 Å². The van der Waals surface area contributed by atoms with Crippen LogP contribution < -0.4 is 5.32 Å². The molecule has 0 aliphatic heterocycles. The first kappa shape index (κ1) is 20.4. The lowest BCUT2D eigenvalue weighted by Gasteiger charge is -2.06. The largest absolute Gasteiger partial charge is 0.462 e. The lowest BCUT2D eigenvalue weighted by atomic mass is 10.2. The summed E-state index contributed by atoms with van der Waals surface area (Å²) in [5.41, 5.74) is 1.17. The summed E-state index contributed by atoms with van der Waals surface area (Å²) in [6.07, 6.45) is 0. The highest BCUT2D eigenvalue weighted by atomic mass is 32.2. The van der Waals surface area contributed by atoms with E-state index < -0.39 is 5.97 Å². The van der Waals surface area contributed by atoms with Gasteiger partial charge >= 0.3 is 5.97 Å². The van der Waals surface area contributed by atoms with Crippen molar-refractivity contribution in [2.24, 2.45) is 0 Å². The van der Waals surface area contributed by atoms with Gasteiger partial charge in [-0.2, -0.15) is 5.26 Å².